The third-order valence-electron chi connectivity index (χ3n) is 5.29. The third kappa shape index (κ3) is 3.20. The highest BCUT2D eigenvalue weighted by Gasteiger charge is 2.49. The van der Waals surface area contributed by atoms with Gasteiger partial charge in [-0.2, -0.15) is 0 Å². The Labute approximate surface area is 158 Å². The lowest BCUT2D eigenvalue weighted by Gasteiger charge is -2.25. The number of nitrogens with one attached hydrogen (secondary N) is 1. The molecule has 7 heteroatoms. The van der Waals surface area contributed by atoms with Crippen LogP contribution in [0.1, 0.15) is 40.0 Å². The Morgan fingerprint density at radius 3 is 2.62 bits per heavy atom. The number of thioether (sulfide) groups is 1. The van der Waals surface area contributed by atoms with Crippen LogP contribution in [0.15, 0.2) is 29.2 Å². The molecule has 140 valence electrons. The number of para-hydroxylation sites is 1. The second-order valence-corrected chi connectivity index (χ2v) is 8.32. The molecule has 0 saturated carbocycles. The van der Waals surface area contributed by atoms with E-state index in [1.54, 1.807) is 16.7 Å². The number of anilines is 1. The fourth-order valence-electron chi connectivity index (χ4n) is 3.52. The SMILES string of the molecule is CCC1(CC)NC(=O)N(CC(=O)N2CC[C@H](C)Sc3ccccc32)C1=O. The first-order chi connectivity index (χ1) is 12.4. The maximum absolute atomic E-state index is 13.0. The van der Waals surface area contributed by atoms with Crippen LogP contribution in [0.25, 0.3) is 0 Å². The monoisotopic (exact) mass is 375 g/mol. The van der Waals surface area contributed by atoms with Gasteiger partial charge in [-0.3, -0.25) is 14.5 Å². The Morgan fingerprint density at radius 1 is 1.27 bits per heavy atom. The van der Waals surface area contributed by atoms with Crippen LogP contribution in [-0.4, -0.2) is 46.6 Å². The molecule has 4 amide bonds. The molecule has 0 spiro atoms. The Morgan fingerprint density at radius 2 is 1.96 bits per heavy atom. The number of urea groups is 1. The molecule has 1 aromatic carbocycles. The van der Waals surface area contributed by atoms with Crippen molar-refractivity contribution in [3.63, 3.8) is 0 Å². The largest absolute Gasteiger partial charge is 0.325 e. The first-order valence-corrected chi connectivity index (χ1v) is 10.00. The number of benzene rings is 1. The Balaban J connectivity index is 1.82. The molecular weight excluding hydrogens is 350 g/mol. The minimum Gasteiger partial charge on any atom is -0.323 e. The molecule has 3 rings (SSSR count). The van der Waals surface area contributed by atoms with Crippen molar-refractivity contribution in [2.24, 2.45) is 0 Å². The summed E-state index contributed by atoms with van der Waals surface area (Å²) in [5.41, 5.74) is -0.0190. The van der Waals surface area contributed by atoms with Crippen LogP contribution in [0, 0.1) is 0 Å². The van der Waals surface area contributed by atoms with Crippen molar-refractivity contribution in [2.45, 2.75) is 55.7 Å². The molecule has 2 aliphatic heterocycles. The summed E-state index contributed by atoms with van der Waals surface area (Å²) in [5, 5.41) is 3.18. The molecule has 26 heavy (non-hydrogen) atoms. The van der Waals surface area contributed by atoms with Crippen LogP contribution in [0.3, 0.4) is 0 Å². The first-order valence-electron chi connectivity index (χ1n) is 9.12. The van der Waals surface area contributed by atoms with Gasteiger partial charge in [0, 0.05) is 16.7 Å². The van der Waals surface area contributed by atoms with Gasteiger partial charge < -0.3 is 10.2 Å². The van der Waals surface area contributed by atoms with E-state index in [0.29, 0.717) is 24.6 Å². The number of fused-ring (bicyclic) bond motifs is 1. The number of carbonyl (C=O) groups is 3. The van der Waals surface area contributed by atoms with Gasteiger partial charge in [-0.25, -0.2) is 4.79 Å². The van der Waals surface area contributed by atoms with Crippen LogP contribution < -0.4 is 10.2 Å². The zero-order chi connectivity index (χ0) is 18.9. The highest BCUT2D eigenvalue weighted by Crippen LogP contribution is 2.37. The summed E-state index contributed by atoms with van der Waals surface area (Å²) in [5.74, 6) is -0.523. The standard InChI is InChI=1S/C19H25N3O3S/c1-4-19(5-2)17(24)22(18(25)20-19)12-16(23)21-11-10-13(3)26-15-9-7-6-8-14(15)21/h6-9,13H,4-5,10-12H2,1-3H3,(H,20,25)/t13-/m0/s1. The molecule has 2 heterocycles. The molecule has 1 fully saturated rings. The predicted octanol–water partition coefficient (Wildman–Crippen LogP) is 3.01. The second kappa shape index (κ2) is 7.31. The molecule has 0 bridgehead atoms. The van der Waals surface area contributed by atoms with Crippen LogP contribution in [0.5, 0.6) is 0 Å². The van der Waals surface area contributed by atoms with E-state index >= 15 is 0 Å². The van der Waals surface area contributed by atoms with E-state index < -0.39 is 11.6 Å². The van der Waals surface area contributed by atoms with E-state index in [4.69, 9.17) is 0 Å². The molecule has 0 aliphatic carbocycles. The fraction of sp³-hybridized carbons (Fsp3) is 0.526. The van der Waals surface area contributed by atoms with Crippen molar-refractivity contribution in [2.75, 3.05) is 18.0 Å². The molecule has 0 radical (unpaired) electrons. The number of nitrogens with zero attached hydrogens (tertiary/aromatic N) is 2. The predicted molar refractivity (Wildman–Crippen MR) is 102 cm³/mol. The molecule has 0 aromatic heterocycles. The van der Waals surface area contributed by atoms with Crippen LogP contribution in [0.4, 0.5) is 10.5 Å². The summed E-state index contributed by atoms with van der Waals surface area (Å²) in [6, 6.07) is 7.32. The van der Waals surface area contributed by atoms with Gasteiger partial charge in [0.2, 0.25) is 5.91 Å². The van der Waals surface area contributed by atoms with Gasteiger partial charge in [0.1, 0.15) is 12.1 Å². The second-order valence-electron chi connectivity index (χ2n) is 6.84. The zero-order valence-corrected chi connectivity index (χ0v) is 16.3. The van der Waals surface area contributed by atoms with Gasteiger partial charge in [0.05, 0.1) is 5.69 Å². The molecule has 1 N–H and O–H groups in total. The van der Waals surface area contributed by atoms with E-state index in [9.17, 15) is 14.4 Å². The number of hydrogen-bond donors (Lipinski definition) is 1. The third-order valence-corrected chi connectivity index (χ3v) is 6.53. The van der Waals surface area contributed by atoms with E-state index in [-0.39, 0.29) is 18.4 Å². The first kappa shape index (κ1) is 18.8. The number of amides is 4. The highest BCUT2D eigenvalue weighted by atomic mass is 32.2. The number of imide groups is 1. The van der Waals surface area contributed by atoms with E-state index in [1.807, 2.05) is 38.1 Å². The Bertz CT molecular complexity index is 732. The molecule has 1 aromatic rings. The van der Waals surface area contributed by atoms with Gasteiger partial charge in [-0.05, 0) is 31.4 Å². The maximum Gasteiger partial charge on any atom is 0.325 e. The van der Waals surface area contributed by atoms with Crippen molar-refractivity contribution in [3.05, 3.63) is 24.3 Å². The smallest absolute Gasteiger partial charge is 0.323 e. The minimum atomic E-state index is -0.877. The van der Waals surface area contributed by atoms with E-state index in [1.165, 1.54) is 0 Å². The topological polar surface area (TPSA) is 69.7 Å². The van der Waals surface area contributed by atoms with Gasteiger partial charge in [0.15, 0.2) is 0 Å². The Kier molecular flexibility index (Phi) is 5.27. The van der Waals surface area contributed by atoms with Crippen molar-refractivity contribution < 1.29 is 14.4 Å². The van der Waals surface area contributed by atoms with Gasteiger partial charge in [0.25, 0.3) is 5.91 Å². The van der Waals surface area contributed by atoms with Crippen molar-refractivity contribution >= 4 is 35.3 Å². The summed E-state index contributed by atoms with van der Waals surface area (Å²) >= 11 is 1.75. The lowest BCUT2D eigenvalue weighted by molar-refractivity contribution is -0.134. The molecule has 0 unspecified atom stereocenters. The van der Waals surface area contributed by atoms with Gasteiger partial charge in [-0.15, -0.1) is 11.8 Å². The number of rotatable bonds is 4. The molecule has 2 aliphatic rings. The molecular formula is C19H25N3O3S. The zero-order valence-electron chi connectivity index (χ0n) is 15.4. The normalized spacial score (nSPS) is 22.0. The van der Waals surface area contributed by atoms with Gasteiger partial charge >= 0.3 is 6.03 Å². The average Bonchev–Trinajstić information content (AvgIpc) is 2.77. The summed E-state index contributed by atoms with van der Waals surface area (Å²) < 4.78 is 0. The van der Waals surface area contributed by atoms with Crippen LogP contribution >= 0.6 is 11.8 Å². The summed E-state index contributed by atoms with van der Waals surface area (Å²) in [6.45, 7) is 6.25. The lowest BCUT2D eigenvalue weighted by Crippen LogP contribution is -2.47. The summed E-state index contributed by atoms with van der Waals surface area (Å²) in [6.07, 6.45) is 1.89. The minimum absolute atomic E-state index is 0.222. The summed E-state index contributed by atoms with van der Waals surface area (Å²) in [7, 11) is 0. The van der Waals surface area contributed by atoms with Crippen molar-refractivity contribution in [3.8, 4) is 0 Å². The highest BCUT2D eigenvalue weighted by molar-refractivity contribution is 8.00. The van der Waals surface area contributed by atoms with Crippen molar-refractivity contribution in [1.29, 1.82) is 0 Å². The Hall–Kier alpha value is -2.02. The lowest BCUT2D eigenvalue weighted by atomic mass is 9.93. The average molecular weight is 375 g/mol. The van der Waals surface area contributed by atoms with E-state index in [0.717, 1.165) is 21.9 Å². The fourth-order valence-corrected chi connectivity index (χ4v) is 4.63. The van der Waals surface area contributed by atoms with Gasteiger partial charge in [-0.1, -0.05) is 32.9 Å². The number of carbonyl (C=O) groups excluding carboxylic acids is 3. The summed E-state index contributed by atoms with van der Waals surface area (Å²) in [4.78, 5) is 41.9. The molecule has 1 atom stereocenters. The van der Waals surface area contributed by atoms with E-state index in [2.05, 4.69) is 12.2 Å². The van der Waals surface area contributed by atoms with Crippen LogP contribution in [-0.2, 0) is 9.59 Å². The van der Waals surface area contributed by atoms with Crippen LogP contribution in [0.2, 0.25) is 0 Å². The number of hydrogen-bond acceptors (Lipinski definition) is 4. The maximum atomic E-state index is 13.0. The quantitative estimate of drug-likeness (QED) is 0.822. The molecule has 6 nitrogen and oxygen atoms in total. The van der Waals surface area contributed by atoms with Crippen molar-refractivity contribution in [1.82, 2.24) is 10.2 Å². The molecule has 1 saturated heterocycles.